The summed E-state index contributed by atoms with van der Waals surface area (Å²) in [5, 5.41) is 13.0. The first-order valence-corrected chi connectivity index (χ1v) is 12.9. The molecule has 32 heavy (non-hydrogen) atoms. The normalized spacial score (nSPS) is 18.9. The van der Waals surface area contributed by atoms with Crippen molar-refractivity contribution in [2.45, 2.75) is 30.8 Å². The van der Waals surface area contributed by atoms with Crippen molar-refractivity contribution >= 4 is 44.3 Å². The molecule has 2 N–H and O–H groups in total. The Morgan fingerprint density at radius 2 is 1.78 bits per heavy atom. The standard InChI is InChI=1S/C23H23ClN4O2S2/c1-15-13-28(14-16(2)26-15)19-6-3-18(12-25)21(11-19)27-32(29,30)20-7-4-17(5-8-20)22-9-10-23(24)31-22/h3-11,15-16,26-27H,13-14H2,1-2H3/t15-,16+. The predicted octanol–water partition coefficient (Wildman–Crippen LogP) is 4.93. The van der Waals surface area contributed by atoms with Crippen LogP contribution < -0.4 is 14.9 Å². The molecule has 1 aliphatic heterocycles. The predicted molar refractivity (Wildman–Crippen MR) is 131 cm³/mol. The lowest BCUT2D eigenvalue weighted by atomic mass is 10.1. The first kappa shape index (κ1) is 22.6. The number of thiophene rings is 1. The van der Waals surface area contributed by atoms with Crippen molar-refractivity contribution < 1.29 is 8.42 Å². The van der Waals surface area contributed by atoms with E-state index in [0.717, 1.165) is 29.2 Å². The number of sulfonamides is 1. The van der Waals surface area contributed by atoms with E-state index in [4.69, 9.17) is 11.6 Å². The maximum Gasteiger partial charge on any atom is 0.261 e. The van der Waals surface area contributed by atoms with Crippen LogP contribution in [0.5, 0.6) is 0 Å². The maximum atomic E-state index is 13.1. The van der Waals surface area contributed by atoms with Crippen LogP contribution in [0.1, 0.15) is 19.4 Å². The molecule has 1 fully saturated rings. The highest BCUT2D eigenvalue weighted by molar-refractivity contribution is 7.92. The van der Waals surface area contributed by atoms with Crippen molar-refractivity contribution in [1.29, 1.82) is 5.26 Å². The molecule has 1 saturated heterocycles. The van der Waals surface area contributed by atoms with Gasteiger partial charge in [0, 0.05) is 35.7 Å². The molecule has 4 rings (SSSR count). The molecular weight excluding hydrogens is 464 g/mol. The highest BCUT2D eigenvalue weighted by Crippen LogP contribution is 2.32. The fourth-order valence-corrected chi connectivity index (χ4v) is 6.04. The van der Waals surface area contributed by atoms with E-state index in [1.54, 1.807) is 36.4 Å². The molecule has 3 aromatic rings. The molecule has 0 amide bonds. The Morgan fingerprint density at radius 3 is 2.38 bits per heavy atom. The Hall–Kier alpha value is -2.57. The van der Waals surface area contributed by atoms with Crippen LogP contribution in [0.15, 0.2) is 59.5 Å². The summed E-state index contributed by atoms with van der Waals surface area (Å²) in [6.07, 6.45) is 0. The van der Waals surface area contributed by atoms with Gasteiger partial charge in [-0.05, 0) is 61.9 Å². The van der Waals surface area contributed by atoms with Gasteiger partial charge < -0.3 is 10.2 Å². The van der Waals surface area contributed by atoms with Gasteiger partial charge in [-0.15, -0.1) is 11.3 Å². The third-order valence-corrected chi connectivity index (χ3v) is 7.97. The quantitative estimate of drug-likeness (QED) is 0.534. The Morgan fingerprint density at radius 1 is 1.09 bits per heavy atom. The number of nitrogens with zero attached hydrogens (tertiary/aromatic N) is 2. The average Bonchev–Trinajstić information content (AvgIpc) is 3.19. The van der Waals surface area contributed by atoms with E-state index in [9.17, 15) is 13.7 Å². The SMILES string of the molecule is C[C@@H]1CN(c2ccc(C#N)c(NS(=O)(=O)c3ccc(-c4ccc(Cl)s4)cc3)c2)C[C@H](C)N1. The highest BCUT2D eigenvalue weighted by Gasteiger charge is 2.23. The van der Waals surface area contributed by atoms with Crippen LogP contribution >= 0.6 is 22.9 Å². The minimum absolute atomic E-state index is 0.127. The molecule has 0 radical (unpaired) electrons. The molecule has 0 saturated carbocycles. The summed E-state index contributed by atoms with van der Waals surface area (Å²) in [7, 11) is -3.86. The van der Waals surface area contributed by atoms with E-state index in [-0.39, 0.29) is 16.1 Å². The first-order valence-electron chi connectivity index (χ1n) is 10.2. The van der Waals surface area contributed by atoms with E-state index in [1.807, 2.05) is 18.2 Å². The number of nitriles is 1. The zero-order chi connectivity index (χ0) is 22.9. The van der Waals surface area contributed by atoms with E-state index >= 15 is 0 Å². The van der Waals surface area contributed by atoms with E-state index in [1.165, 1.54) is 11.3 Å². The first-order chi connectivity index (χ1) is 15.2. The van der Waals surface area contributed by atoms with Crippen LogP contribution in [0.3, 0.4) is 0 Å². The van der Waals surface area contributed by atoms with Gasteiger partial charge in [0.2, 0.25) is 0 Å². The molecule has 0 unspecified atom stereocenters. The van der Waals surface area contributed by atoms with Crippen LogP contribution in [0.4, 0.5) is 11.4 Å². The Labute approximate surface area is 197 Å². The van der Waals surface area contributed by atoms with Gasteiger partial charge in [0.05, 0.1) is 20.5 Å². The molecule has 6 nitrogen and oxygen atoms in total. The van der Waals surface area contributed by atoms with Gasteiger partial charge in [-0.2, -0.15) is 5.26 Å². The van der Waals surface area contributed by atoms with Crippen molar-refractivity contribution in [3.8, 4) is 16.5 Å². The fraction of sp³-hybridized carbons (Fsp3) is 0.261. The Kier molecular flexibility index (Phi) is 6.45. The van der Waals surface area contributed by atoms with Crippen LogP contribution in [0.25, 0.3) is 10.4 Å². The van der Waals surface area contributed by atoms with Crippen molar-refractivity contribution in [3.63, 3.8) is 0 Å². The third-order valence-electron chi connectivity index (χ3n) is 5.31. The molecule has 1 aromatic heterocycles. The van der Waals surface area contributed by atoms with Gasteiger partial charge in [-0.25, -0.2) is 8.42 Å². The Bertz CT molecular complexity index is 1260. The average molecular weight is 487 g/mol. The molecule has 1 aliphatic rings. The molecule has 166 valence electrons. The minimum Gasteiger partial charge on any atom is -0.368 e. The summed E-state index contributed by atoms with van der Waals surface area (Å²) in [4.78, 5) is 3.29. The largest absolute Gasteiger partial charge is 0.368 e. The smallest absolute Gasteiger partial charge is 0.261 e. The lowest BCUT2D eigenvalue weighted by Crippen LogP contribution is -2.54. The van der Waals surface area contributed by atoms with Crippen LogP contribution in [0, 0.1) is 11.3 Å². The summed E-state index contributed by atoms with van der Waals surface area (Å²) < 4.78 is 29.4. The van der Waals surface area contributed by atoms with Gasteiger partial charge in [0.25, 0.3) is 10.0 Å². The third kappa shape index (κ3) is 4.92. The second-order valence-electron chi connectivity index (χ2n) is 7.95. The summed E-state index contributed by atoms with van der Waals surface area (Å²) >= 11 is 7.43. The number of nitrogens with one attached hydrogen (secondary N) is 2. The number of piperazine rings is 1. The summed E-state index contributed by atoms with van der Waals surface area (Å²) in [6.45, 7) is 5.83. The van der Waals surface area contributed by atoms with E-state index in [2.05, 4.69) is 34.9 Å². The second kappa shape index (κ2) is 9.12. The molecule has 2 aromatic carbocycles. The van der Waals surface area contributed by atoms with Crippen LogP contribution in [-0.2, 0) is 10.0 Å². The van der Waals surface area contributed by atoms with Gasteiger partial charge in [0.15, 0.2) is 0 Å². The molecule has 0 spiro atoms. The molecule has 2 atom stereocenters. The number of halogens is 1. The molecule has 9 heteroatoms. The molecule has 0 bridgehead atoms. The summed E-state index contributed by atoms with van der Waals surface area (Å²) in [5.74, 6) is 0. The fourth-order valence-electron chi connectivity index (χ4n) is 3.92. The Balaban J connectivity index is 1.60. The highest BCUT2D eigenvalue weighted by atomic mass is 35.5. The van der Waals surface area contributed by atoms with Gasteiger partial charge >= 0.3 is 0 Å². The van der Waals surface area contributed by atoms with Crippen LogP contribution in [0.2, 0.25) is 4.34 Å². The number of anilines is 2. The minimum atomic E-state index is -3.86. The van der Waals surface area contributed by atoms with Crippen molar-refractivity contribution in [1.82, 2.24) is 5.32 Å². The molecule has 0 aliphatic carbocycles. The monoisotopic (exact) mass is 486 g/mol. The van der Waals surface area contributed by atoms with Crippen LogP contribution in [-0.4, -0.2) is 33.6 Å². The van der Waals surface area contributed by atoms with Gasteiger partial charge in [0.1, 0.15) is 6.07 Å². The lowest BCUT2D eigenvalue weighted by molar-refractivity contribution is 0.407. The summed E-state index contributed by atoms with van der Waals surface area (Å²) in [6, 6.07) is 18.3. The van der Waals surface area contributed by atoms with Gasteiger partial charge in [-0.1, -0.05) is 23.7 Å². The van der Waals surface area contributed by atoms with Crippen molar-refractivity contribution in [3.05, 3.63) is 64.5 Å². The zero-order valence-electron chi connectivity index (χ0n) is 17.7. The number of hydrogen-bond acceptors (Lipinski definition) is 6. The van der Waals surface area contributed by atoms with Gasteiger partial charge in [-0.3, -0.25) is 4.72 Å². The van der Waals surface area contributed by atoms with E-state index < -0.39 is 10.0 Å². The van der Waals surface area contributed by atoms with Crippen molar-refractivity contribution in [2.24, 2.45) is 0 Å². The topological polar surface area (TPSA) is 85.2 Å². The number of benzene rings is 2. The lowest BCUT2D eigenvalue weighted by Gasteiger charge is -2.37. The zero-order valence-corrected chi connectivity index (χ0v) is 20.1. The molecule has 2 heterocycles. The molecular formula is C23H23ClN4O2S2. The maximum absolute atomic E-state index is 13.1. The van der Waals surface area contributed by atoms with E-state index in [0.29, 0.717) is 16.4 Å². The summed E-state index contributed by atoms with van der Waals surface area (Å²) in [5.41, 5.74) is 2.32. The number of hydrogen-bond donors (Lipinski definition) is 2. The second-order valence-corrected chi connectivity index (χ2v) is 11.3. The van der Waals surface area contributed by atoms with Crippen molar-refractivity contribution in [2.75, 3.05) is 22.7 Å². The number of rotatable bonds is 5.